The van der Waals surface area contributed by atoms with E-state index in [4.69, 9.17) is 9.72 Å². The summed E-state index contributed by atoms with van der Waals surface area (Å²) in [5, 5.41) is 0.660. The van der Waals surface area contributed by atoms with Crippen LogP contribution in [0.25, 0.3) is 22.3 Å². The fourth-order valence-electron chi connectivity index (χ4n) is 3.23. The number of rotatable bonds is 2. The normalized spacial score (nSPS) is 12.9. The van der Waals surface area contributed by atoms with Crippen molar-refractivity contribution in [2.24, 2.45) is 0 Å². The summed E-state index contributed by atoms with van der Waals surface area (Å²) in [6, 6.07) is 11.2. The first-order valence-corrected chi connectivity index (χ1v) is 8.95. The Morgan fingerprint density at radius 3 is 2.64 bits per heavy atom. The van der Waals surface area contributed by atoms with Gasteiger partial charge in [-0.2, -0.15) is 0 Å². The lowest BCUT2D eigenvalue weighted by Crippen LogP contribution is -2.07. The zero-order valence-corrected chi connectivity index (χ0v) is 15.1. The fraction of sp³-hybridized carbons (Fsp3) is 0.333. The van der Waals surface area contributed by atoms with E-state index in [-0.39, 0.29) is 5.43 Å². The molecule has 2 aromatic heterocycles. The summed E-state index contributed by atoms with van der Waals surface area (Å²) < 4.78 is 5.24. The van der Waals surface area contributed by atoms with Gasteiger partial charge in [-0.3, -0.25) is 9.78 Å². The highest BCUT2D eigenvalue weighted by molar-refractivity contribution is 5.82. The van der Waals surface area contributed by atoms with E-state index in [1.54, 1.807) is 25.3 Å². The van der Waals surface area contributed by atoms with Gasteiger partial charge in [-0.05, 0) is 49.4 Å². The van der Waals surface area contributed by atoms with Crippen molar-refractivity contribution in [1.29, 1.82) is 0 Å². The van der Waals surface area contributed by atoms with Crippen molar-refractivity contribution >= 4 is 10.9 Å². The summed E-state index contributed by atoms with van der Waals surface area (Å²) in [6.45, 7) is 4.00. The average Bonchev–Trinajstić information content (AvgIpc) is 2.68. The summed E-state index contributed by atoms with van der Waals surface area (Å²) in [5.41, 5.74) is 4.85. The minimum atomic E-state index is -0.00377. The molecule has 4 heteroatoms. The largest absolute Gasteiger partial charge is 0.497 e. The lowest BCUT2D eigenvalue weighted by molar-refractivity contribution is 0.415. The summed E-state index contributed by atoms with van der Waals surface area (Å²) in [7, 11) is 1.62. The van der Waals surface area contributed by atoms with Crippen molar-refractivity contribution in [3.8, 4) is 17.1 Å². The van der Waals surface area contributed by atoms with Crippen LogP contribution in [0, 0.1) is 0 Å². The highest BCUT2D eigenvalue weighted by atomic mass is 16.5. The Bertz CT molecular complexity index is 944. The molecule has 130 valence electrons. The van der Waals surface area contributed by atoms with Crippen LogP contribution in [-0.2, 0) is 12.8 Å². The number of nitrogens with zero attached hydrogens (tertiary/aromatic N) is 1. The van der Waals surface area contributed by atoms with E-state index in [0.717, 1.165) is 35.5 Å². The molecule has 25 heavy (non-hydrogen) atoms. The van der Waals surface area contributed by atoms with Crippen LogP contribution in [0.3, 0.4) is 0 Å². The molecule has 0 aliphatic heterocycles. The predicted molar refractivity (Wildman–Crippen MR) is 102 cm³/mol. The summed E-state index contributed by atoms with van der Waals surface area (Å²) in [6.07, 6.45) is 4.55. The van der Waals surface area contributed by atoms with Crippen LogP contribution in [0.4, 0.5) is 0 Å². The van der Waals surface area contributed by atoms with E-state index in [0.29, 0.717) is 5.39 Å². The zero-order valence-electron chi connectivity index (χ0n) is 15.1. The van der Waals surface area contributed by atoms with Crippen LogP contribution in [0.2, 0.25) is 0 Å². The van der Waals surface area contributed by atoms with Gasteiger partial charge in [-0.1, -0.05) is 19.9 Å². The molecule has 0 saturated carbocycles. The molecule has 1 aliphatic rings. The molecule has 1 aromatic carbocycles. The van der Waals surface area contributed by atoms with Crippen molar-refractivity contribution in [1.82, 2.24) is 9.97 Å². The summed E-state index contributed by atoms with van der Waals surface area (Å²) >= 11 is 0. The lowest BCUT2D eigenvalue weighted by atomic mass is 9.95. The molecule has 4 rings (SSSR count). The van der Waals surface area contributed by atoms with Gasteiger partial charge in [-0.25, -0.2) is 0 Å². The standard InChI is InChI=1S/C19H18N2O2.C2H6/c1-23-13-7-8-14-17(10-13)21-18(11-19(14)22)16-9-6-12-4-2-3-5-15(12)20-16;1-2/h6-11H,2-5H2,1H3,(H,21,22);1-2H3. The SMILES string of the molecule is CC.COc1ccc2c(=O)cc(-c3ccc4c(n3)CCCC4)[nH]c2c1. The second-order valence-electron chi connectivity index (χ2n) is 5.97. The van der Waals surface area contributed by atoms with Gasteiger partial charge in [0.1, 0.15) is 5.75 Å². The number of aryl methyl sites for hydroxylation is 2. The number of benzene rings is 1. The van der Waals surface area contributed by atoms with Crippen molar-refractivity contribution in [2.45, 2.75) is 39.5 Å². The summed E-state index contributed by atoms with van der Waals surface area (Å²) in [4.78, 5) is 20.5. The third-order valence-corrected chi connectivity index (χ3v) is 4.49. The number of ether oxygens (including phenoxy) is 1. The smallest absolute Gasteiger partial charge is 0.190 e. The van der Waals surface area contributed by atoms with Gasteiger partial charge < -0.3 is 9.72 Å². The predicted octanol–water partition coefficient (Wildman–Crippen LogP) is 4.50. The topological polar surface area (TPSA) is 55.0 Å². The number of pyridine rings is 2. The molecule has 2 heterocycles. The maximum Gasteiger partial charge on any atom is 0.190 e. The molecule has 1 N–H and O–H groups in total. The average molecular weight is 336 g/mol. The molecular weight excluding hydrogens is 312 g/mol. The molecule has 0 fully saturated rings. The Morgan fingerprint density at radius 1 is 1.04 bits per heavy atom. The monoisotopic (exact) mass is 336 g/mol. The van der Waals surface area contributed by atoms with Gasteiger partial charge in [0.15, 0.2) is 5.43 Å². The number of hydrogen-bond acceptors (Lipinski definition) is 3. The van der Waals surface area contributed by atoms with E-state index < -0.39 is 0 Å². The van der Waals surface area contributed by atoms with Crippen molar-refractivity contribution in [3.63, 3.8) is 0 Å². The zero-order chi connectivity index (χ0) is 17.8. The second-order valence-corrected chi connectivity index (χ2v) is 5.97. The molecule has 0 saturated heterocycles. The van der Waals surface area contributed by atoms with Gasteiger partial charge in [-0.15, -0.1) is 0 Å². The molecule has 0 atom stereocenters. The number of fused-ring (bicyclic) bond motifs is 2. The molecular formula is C21H24N2O2. The highest BCUT2D eigenvalue weighted by Crippen LogP contribution is 2.24. The molecule has 0 bridgehead atoms. The van der Waals surface area contributed by atoms with Crippen molar-refractivity contribution < 1.29 is 4.74 Å². The maximum atomic E-state index is 12.4. The molecule has 3 aromatic rings. The van der Waals surface area contributed by atoms with Crippen molar-refractivity contribution in [2.75, 3.05) is 7.11 Å². The Morgan fingerprint density at radius 2 is 1.84 bits per heavy atom. The van der Waals surface area contributed by atoms with E-state index in [1.165, 1.54) is 24.1 Å². The van der Waals surface area contributed by atoms with Crippen LogP contribution >= 0.6 is 0 Å². The fourth-order valence-corrected chi connectivity index (χ4v) is 3.23. The molecule has 0 unspecified atom stereocenters. The third kappa shape index (κ3) is 3.43. The quantitative estimate of drug-likeness (QED) is 0.749. The van der Waals surface area contributed by atoms with Gasteiger partial charge in [0, 0.05) is 23.2 Å². The number of methoxy groups -OCH3 is 1. The Hall–Kier alpha value is -2.62. The van der Waals surface area contributed by atoms with Crippen LogP contribution in [0.15, 0.2) is 41.2 Å². The number of aromatic amines is 1. The van der Waals surface area contributed by atoms with Gasteiger partial charge in [0.05, 0.1) is 24.0 Å². The first-order chi connectivity index (χ1) is 12.2. The summed E-state index contributed by atoms with van der Waals surface area (Å²) in [5.74, 6) is 0.726. The lowest BCUT2D eigenvalue weighted by Gasteiger charge is -2.15. The number of hydrogen-bond donors (Lipinski definition) is 1. The van der Waals surface area contributed by atoms with Crippen LogP contribution in [0.5, 0.6) is 5.75 Å². The van der Waals surface area contributed by atoms with Gasteiger partial charge >= 0.3 is 0 Å². The third-order valence-electron chi connectivity index (χ3n) is 4.49. The molecule has 0 amide bonds. The molecule has 0 spiro atoms. The Balaban J connectivity index is 0.000000880. The molecule has 0 radical (unpaired) electrons. The van der Waals surface area contributed by atoms with Crippen LogP contribution in [0.1, 0.15) is 37.9 Å². The van der Waals surface area contributed by atoms with Crippen molar-refractivity contribution in [3.05, 3.63) is 57.9 Å². The van der Waals surface area contributed by atoms with E-state index in [2.05, 4.69) is 11.1 Å². The highest BCUT2D eigenvalue weighted by Gasteiger charge is 2.13. The minimum Gasteiger partial charge on any atom is -0.497 e. The molecule has 1 aliphatic carbocycles. The number of H-pyrrole nitrogens is 1. The van der Waals surface area contributed by atoms with Crippen LogP contribution in [-0.4, -0.2) is 17.1 Å². The van der Waals surface area contributed by atoms with E-state index in [9.17, 15) is 4.79 Å². The second kappa shape index (κ2) is 7.51. The number of nitrogens with one attached hydrogen (secondary N) is 1. The Kier molecular flexibility index (Phi) is 5.17. The molecule has 4 nitrogen and oxygen atoms in total. The Labute approximate surface area is 147 Å². The number of aromatic nitrogens is 2. The first kappa shape index (κ1) is 17.2. The first-order valence-electron chi connectivity index (χ1n) is 8.95. The van der Waals surface area contributed by atoms with E-state index >= 15 is 0 Å². The van der Waals surface area contributed by atoms with E-state index in [1.807, 2.05) is 26.0 Å². The van der Waals surface area contributed by atoms with Gasteiger partial charge in [0.2, 0.25) is 0 Å². The maximum absolute atomic E-state index is 12.4. The minimum absolute atomic E-state index is 0.00377. The van der Waals surface area contributed by atoms with Gasteiger partial charge in [0.25, 0.3) is 0 Å². The van der Waals surface area contributed by atoms with Crippen LogP contribution < -0.4 is 10.2 Å².